The molecule has 0 N–H and O–H groups in total. The largest absolute Gasteiger partial charge is 0.497 e. The van der Waals surface area contributed by atoms with Crippen molar-refractivity contribution in [3.05, 3.63) is 113 Å². The van der Waals surface area contributed by atoms with Gasteiger partial charge in [-0.3, -0.25) is 0 Å². The van der Waals surface area contributed by atoms with Gasteiger partial charge in [0.1, 0.15) is 18.0 Å². The molecule has 1 aliphatic heterocycles. The first kappa shape index (κ1) is 27.1. The SMILES string of the molecule is COc1ccc([C@@H]2C[C@H](c3ccccc3)C=C(C(=O)O[C@@H]3C[C@H](C)CC[C@H]3C(C)(C)c3ccccc3)O2)cc1. The van der Waals surface area contributed by atoms with Crippen LogP contribution in [0.2, 0.25) is 0 Å². The second-order valence-electron chi connectivity index (χ2n) is 11.7. The van der Waals surface area contributed by atoms with Crippen molar-refractivity contribution in [3.63, 3.8) is 0 Å². The first-order chi connectivity index (χ1) is 18.8. The predicted octanol–water partition coefficient (Wildman–Crippen LogP) is 8.15. The van der Waals surface area contributed by atoms with Crippen LogP contribution in [0, 0.1) is 11.8 Å². The number of allylic oxidation sites excluding steroid dienone is 1. The molecule has 0 aromatic heterocycles. The average molecular weight is 525 g/mol. The van der Waals surface area contributed by atoms with E-state index < -0.39 is 0 Å². The minimum Gasteiger partial charge on any atom is -0.497 e. The first-order valence-corrected chi connectivity index (χ1v) is 14.2. The molecule has 1 fully saturated rings. The normalized spacial score (nSPS) is 25.2. The third-order valence-electron chi connectivity index (χ3n) is 8.76. The number of methoxy groups -OCH3 is 1. The summed E-state index contributed by atoms with van der Waals surface area (Å²) in [5, 5.41) is 0. The number of benzene rings is 3. The molecule has 1 heterocycles. The average Bonchev–Trinajstić information content (AvgIpc) is 2.98. The highest BCUT2D eigenvalue weighted by Gasteiger charge is 2.43. The van der Waals surface area contributed by atoms with Crippen LogP contribution in [-0.2, 0) is 19.7 Å². The maximum atomic E-state index is 13.8. The van der Waals surface area contributed by atoms with Gasteiger partial charge in [-0.05, 0) is 65.5 Å². The molecule has 4 nitrogen and oxygen atoms in total. The molecule has 3 aromatic carbocycles. The second kappa shape index (κ2) is 11.7. The molecule has 0 bridgehead atoms. The number of carbonyl (C=O) groups excluding carboxylic acids is 1. The van der Waals surface area contributed by atoms with Gasteiger partial charge < -0.3 is 14.2 Å². The van der Waals surface area contributed by atoms with E-state index in [1.165, 1.54) is 11.1 Å². The van der Waals surface area contributed by atoms with Crippen LogP contribution in [0.5, 0.6) is 5.75 Å². The van der Waals surface area contributed by atoms with Crippen molar-refractivity contribution in [3.8, 4) is 5.75 Å². The molecule has 3 aromatic rings. The second-order valence-corrected chi connectivity index (χ2v) is 11.7. The third-order valence-corrected chi connectivity index (χ3v) is 8.76. The molecule has 0 radical (unpaired) electrons. The number of hydrogen-bond donors (Lipinski definition) is 0. The van der Waals surface area contributed by atoms with Gasteiger partial charge in [-0.15, -0.1) is 0 Å². The van der Waals surface area contributed by atoms with Gasteiger partial charge in [-0.2, -0.15) is 0 Å². The zero-order valence-corrected chi connectivity index (χ0v) is 23.5. The smallest absolute Gasteiger partial charge is 0.373 e. The van der Waals surface area contributed by atoms with Gasteiger partial charge in [-0.1, -0.05) is 100.0 Å². The van der Waals surface area contributed by atoms with Gasteiger partial charge in [0.15, 0.2) is 0 Å². The fraction of sp³-hybridized carbons (Fsp3) is 0.400. The Hall–Kier alpha value is -3.53. The zero-order chi connectivity index (χ0) is 27.4. The van der Waals surface area contributed by atoms with Crippen LogP contribution in [0.3, 0.4) is 0 Å². The molecule has 0 amide bonds. The summed E-state index contributed by atoms with van der Waals surface area (Å²) >= 11 is 0. The molecular formula is C35H40O4. The molecule has 1 aliphatic carbocycles. The Balaban J connectivity index is 1.41. The standard InChI is InChI=1S/C35H40O4/c1-24-15-20-30(35(2,3)28-13-9-6-10-14-28)32(21-24)39-34(36)33-23-27(25-11-7-5-8-12-25)22-31(38-33)26-16-18-29(37-4)19-17-26/h5-14,16-19,23-24,27,30-32H,15,20-22H2,1-4H3/t24-,27+,30-,31+,32-/m1/s1. The van der Waals surface area contributed by atoms with Gasteiger partial charge in [0.25, 0.3) is 0 Å². The summed E-state index contributed by atoms with van der Waals surface area (Å²) in [7, 11) is 1.66. The molecule has 0 saturated heterocycles. The molecular weight excluding hydrogens is 484 g/mol. The van der Waals surface area contributed by atoms with Crippen molar-refractivity contribution in [2.45, 2.75) is 70.0 Å². The van der Waals surface area contributed by atoms with Gasteiger partial charge in [0.2, 0.25) is 5.76 Å². The van der Waals surface area contributed by atoms with E-state index in [1.807, 2.05) is 48.5 Å². The van der Waals surface area contributed by atoms with E-state index in [2.05, 4.69) is 63.2 Å². The van der Waals surface area contributed by atoms with Gasteiger partial charge in [0, 0.05) is 11.8 Å². The van der Waals surface area contributed by atoms with Crippen molar-refractivity contribution in [1.82, 2.24) is 0 Å². The van der Waals surface area contributed by atoms with Crippen LogP contribution >= 0.6 is 0 Å². The highest BCUT2D eigenvalue weighted by atomic mass is 16.6. The monoisotopic (exact) mass is 524 g/mol. The number of rotatable bonds is 7. The molecule has 204 valence electrons. The summed E-state index contributed by atoms with van der Waals surface area (Å²) in [6.07, 6.45) is 5.32. The maximum absolute atomic E-state index is 13.8. The topological polar surface area (TPSA) is 44.8 Å². The lowest BCUT2D eigenvalue weighted by Gasteiger charge is -2.44. The van der Waals surface area contributed by atoms with Crippen molar-refractivity contribution in [2.75, 3.05) is 7.11 Å². The number of esters is 1. The Morgan fingerprint density at radius 3 is 2.18 bits per heavy atom. The molecule has 2 aliphatic rings. The van der Waals surface area contributed by atoms with Gasteiger partial charge in [-0.25, -0.2) is 4.79 Å². The molecule has 4 heteroatoms. The molecule has 0 unspecified atom stereocenters. The van der Waals surface area contributed by atoms with E-state index in [1.54, 1.807) is 7.11 Å². The summed E-state index contributed by atoms with van der Waals surface area (Å²) in [6.45, 7) is 6.82. The van der Waals surface area contributed by atoms with Gasteiger partial charge in [0.05, 0.1) is 7.11 Å². The lowest BCUT2D eigenvalue weighted by Crippen LogP contribution is -2.43. The Morgan fingerprint density at radius 1 is 0.846 bits per heavy atom. The fourth-order valence-corrected chi connectivity index (χ4v) is 6.36. The van der Waals surface area contributed by atoms with E-state index in [-0.39, 0.29) is 35.4 Å². The Kier molecular flexibility index (Phi) is 8.11. The van der Waals surface area contributed by atoms with E-state index in [0.717, 1.165) is 37.0 Å². The summed E-state index contributed by atoms with van der Waals surface area (Å²) < 4.78 is 18.1. The van der Waals surface area contributed by atoms with Crippen LogP contribution in [-0.4, -0.2) is 19.2 Å². The van der Waals surface area contributed by atoms with E-state index in [9.17, 15) is 4.79 Å². The van der Waals surface area contributed by atoms with Crippen LogP contribution < -0.4 is 4.74 Å². The van der Waals surface area contributed by atoms with Gasteiger partial charge >= 0.3 is 5.97 Å². The Bertz CT molecular complexity index is 1260. The molecule has 0 spiro atoms. The quantitative estimate of drug-likeness (QED) is 0.293. The highest BCUT2D eigenvalue weighted by molar-refractivity contribution is 5.87. The van der Waals surface area contributed by atoms with Crippen molar-refractivity contribution < 1.29 is 19.0 Å². The number of carbonyl (C=O) groups is 1. The van der Waals surface area contributed by atoms with Crippen molar-refractivity contribution >= 4 is 5.97 Å². The zero-order valence-electron chi connectivity index (χ0n) is 23.5. The molecule has 1 saturated carbocycles. The Labute approximate surface area is 233 Å². The highest BCUT2D eigenvalue weighted by Crippen LogP contribution is 2.45. The number of ether oxygens (including phenoxy) is 3. The van der Waals surface area contributed by atoms with E-state index >= 15 is 0 Å². The van der Waals surface area contributed by atoms with Crippen LogP contribution in [0.15, 0.2) is 96.8 Å². The molecule has 39 heavy (non-hydrogen) atoms. The van der Waals surface area contributed by atoms with Crippen molar-refractivity contribution in [2.24, 2.45) is 11.8 Å². The molecule has 5 rings (SSSR count). The van der Waals surface area contributed by atoms with E-state index in [0.29, 0.717) is 11.7 Å². The van der Waals surface area contributed by atoms with Crippen LogP contribution in [0.25, 0.3) is 0 Å². The summed E-state index contributed by atoms with van der Waals surface area (Å²) in [5.41, 5.74) is 3.35. The first-order valence-electron chi connectivity index (χ1n) is 14.2. The van der Waals surface area contributed by atoms with Crippen LogP contribution in [0.1, 0.15) is 75.2 Å². The predicted molar refractivity (Wildman–Crippen MR) is 155 cm³/mol. The minimum atomic E-state index is -0.359. The summed E-state index contributed by atoms with van der Waals surface area (Å²) in [6, 6.07) is 28.8. The maximum Gasteiger partial charge on any atom is 0.373 e. The third kappa shape index (κ3) is 6.06. The Morgan fingerprint density at radius 2 is 1.51 bits per heavy atom. The minimum absolute atomic E-state index is 0.0523. The lowest BCUT2D eigenvalue weighted by molar-refractivity contribution is -0.157. The fourth-order valence-electron chi connectivity index (χ4n) is 6.36. The van der Waals surface area contributed by atoms with Crippen LogP contribution in [0.4, 0.5) is 0 Å². The summed E-state index contributed by atoms with van der Waals surface area (Å²) in [4.78, 5) is 13.8. The number of hydrogen-bond acceptors (Lipinski definition) is 4. The van der Waals surface area contributed by atoms with E-state index in [4.69, 9.17) is 14.2 Å². The van der Waals surface area contributed by atoms with Crippen molar-refractivity contribution in [1.29, 1.82) is 0 Å². The molecule has 5 atom stereocenters. The summed E-state index contributed by atoms with van der Waals surface area (Å²) in [5.74, 6) is 1.54. The lowest BCUT2D eigenvalue weighted by atomic mass is 9.64.